The second kappa shape index (κ2) is 6.36. The second-order valence-corrected chi connectivity index (χ2v) is 7.15. The van der Waals surface area contributed by atoms with Crippen molar-refractivity contribution >= 4 is 27.3 Å². The monoisotopic (exact) mass is 324 g/mol. The van der Waals surface area contributed by atoms with E-state index in [1.807, 2.05) is 18.4 Å². The molecule has 0 fully saturated rings. The molecule has 0 radical (unpaired) electrons. The maximum absolute atomic E-state index is 12.2. The van der Waals surface area contributed by atoms with E-state index in [9.17, 15) is 13.2 Å². The number of nitrogens with zero attached hydrogens (tertiary/aromatic N) is 1. The molecule has 0 bridgehead atoms. The Labute approximate surface area is 128 Å². The number of sulfonamides is 1. The number of carbonyl (C=O) groups excluding carboxylic acids is 1. The van der Waals surface area contributed by atoms with Gasteiger partial charge in [-0.1, -0.05) is 12.1 Å². The highest BCUT2D eigenvalue weighted by molar-refractivity contribution is 7.90. The molecule has 2 rings (SSSR count). The van der Waals surface area contributed by atoms with Gasteiger partial charge in [-0.2, -0.15) is 0 Å². The summed E-state index contributed by atoms with van der Waals surface area (Å²) in [5, 5.41) is 1.84. The summed E-state index contributed by atoms with van der Waals surface area (Å²) in [4.78, 5) is 16.0. The first kappa shape index (κ1) is 15.7. The highest BCUT2D eigenvalue weighted by Gasteiger charge is 2.19. The van der Waals surface area contributed by atoms with Crippen molar-refractivity contribution in [2.45, 2.75) is 31.6 Å². The van der Waals surface area contributed by atoms with Gasteiger partial charge in [-0.15, -0.1) is 11.3 Å². The first-order chi connectivity index (χ1) is 9.88. The van der Waals surface area contributed by atoms with E-state index in [0.717, 1.165) is 11.3 Å². The first-order valence-corrected chi connectivity index (χ1v) is 8.81. The van der Waals surface area contributed by atoms with Crippen LogP contribution in [0.5, 0.6) is 0 Å². The van der Waals surface area contributed by atoms with Gasteiger partial charge in [-0.05, 0) is 37.5 Å². The lowest BCUT2D eigenvalue weighted by atomic mass is 10.2. The van der Waals surface area contributed by atoms with Gasteiger partial charge in [0.15, 0.2) is 0 Å². The van der Waals surface area contributed by atoms with Crippen LogP contribution in [0.3, 0.4) is 0 Å². The summed E-state index contributed by atoms with van der Waals surface area (Å²) in [6.07, 6.45) is 0.519. The molecule has 112 valence electrons. The number of nitrogens with one attached hydrogen (secondary N) is 1. The second-order valence-electron chi connectivity index (χ2n) is 4.78. The van der Waals surface area contributed by atoms with Crippen molar-refractivity contribution in [2.75, 3.05) is 0 Å². The summed E-state index contributed by atoms with van der Waals surface area (Å²) in [6, 6.07) is 5.12. The molecule has 0 spiro atoms. The molecule has 1 heterocycles. The van der Waals surface area contributed by atoms with Gasteiger partial charge in [0.25, 0.3) is 10.0 Å². The third-order valence-corrected chi connectivity index (χ3v) is 5.12. The van der Waals surface area contributed by atoms with Crippen LogP contribution >= 0.6 is 11.3 Å². The van der Waals surface area contributed by atoms with Crippen molar-refractivity contribution in [3.63, 3.8) is 0 Å². The third kappa shape index (κ3) is 4.12. The minimum atomic E-state index is -3.82. The summed E-state index contributed by atoms with van der Waals surface area (Å²) in [7, 11) is -3.82. The molecule has 1 N–H and O–H groups in total. The summed E-state index contributed by atoms with van der Waals surface area (Å²) in [5.41, 5.74) is 3.91. The minimum absolute atomic E-state index is 0.0911. The molecule has 0 saturated carbocycles. The van der Waals surface area contributed by atoms with Crippen molar-refractivity contribution in [3.05, 3.63) is 45.9 Å². The van der Waals surface area contributed by atoms with Crippen LogP contribution in [0.25, 0.3) is 0 Å². The molecule has 1 amide bonds. The van der Waals surface area contributed by atoms with Gasteiger partial charge in [0, 0.05) is 11.8 Å². The average Bonchev–Trinajstić information content (AvgIpc) is 2.92. The first-order valence-electron chi connectivity index (χ1n) is 6.38. The smallest absolute Gasteiger partial charge is 0.264 e. The molecule has 0 aliphatic heterocycles. The number of aryl methyl sites for hydroxylation is 3. The van der Waals surface area contributed by atoms with E-state index in [1.165, 1.54) is 11.3 Å². The highest BCUT2D eigenvalue weighted by Crippen LogP contribution is 2.16. The fraction of sp³-hybridized carbons (Fsp3) is 0.286. The number of rotatable bonds is 5. The van der Waals surface area contributed by atoms with Crippen LogP contribution in [0.15, 0.2) is 34.0 Å². The van der Waals surface area contributed by atoms with Gasteiger partial charge < -0.3 is 0 Å². The van der Waals surface area contributed by atoms with Gasteiger partial charge >= 0.3 is 0 Å². The molecular weight excluding hydrogens is 308 g/mol. The molecule has 5 nitrogen and oxygen atoms in total. The molecule has 2 aromatic rings. The predicted octanol–water partition coefficient (Wildman–Crippen LogP) is 2.20. The molecule has 21 heavy (non-hydrogen) atoms. The third-order valence-electron chi connectivity index (χ3n) is 2.97. The molecule has 0 aliphatic rings. The van der Waals surface area contributed by atoms with Crippen LogP contribution in [0.2, 0.25) is 0 Å². The van der Waals surface area contributed by atoms with Crippen LogP contribution in [0.4, 0.5) is 0 Å². The molecule has 0 unspecified atom stereocenters. The van der Waals surface area contributed by atoms with Crippen LogP contribution in [-0.2, 0) is 21.2 Å². The normalized spacial score (nSPS) is 11.3. The van der Waals surface area contributed by atoms with Crippen LogP contribution in [0, 0.1) is 13.8 Å². The summed E-state index contributed by atoms with van der Waals surface area (Å²) < 4.78 is 26.6. The van der Waals surface area contributed by atoms with Crippen molar-refractivity contribution in [1.82, 2.24) is 9.71 Å². The van der Waals surface area contributed by atoms with Gasteiger partial charge in [0.2, 0.25) is 5.91 Å². The number of amides is 1. The fourth-order valence-electron chi connectivity index (χ4n) is 1.86. The van der Waals surface area contributed by atoms with E-state index >= 15 is 0 Å². The van der Waals surface area contributed by atoms with E-state index in [-0.39, 0.29) is 11.3 Å². The Kier molecular flexibility index (Phi) is 4.74. The van der Waals surface area contributed by atoms with Crippen molar-refractivity contribution in [3.8, 4) is 0 Å². The molecular formula is C14H16N2O3S2. The lowest BCUT2D eigenvalue weighted by molar-refractivity contribution is -0.119. The maximum atomic E-state index is 12.2. The van der Waals surface area contributed by atoms with E-state index in [0.29, 0.717) is 12.0 Å². The van der Waals surface area contributed by atoms with Crippen LogP contribution in [0.1, 0.15) is 23.2 Å². The number of aromatic nitrogens is 1. The van der Waals surface area contributed by atoms with Gasteiger partial charge in [-0.25, -0.2) is 18.1 Å². The maximum Gasteiger partial charge on any atom is 0.264 e. The largest absolute Gasteiger partial charge is 0.274 e. The Morgan fingerprint density at radius 3 is 2.76 bits per heavy atom. The van der Waals surface area contributed by atoms with Crippen LogP contribution < -0.4 is 4.72 Å². The highest BCUT2D eigenvalue weighted by atomic mass is 32.2. The molecule has 0 saturated heterocycles. The van der Waals surface area contributed by atoms with Crippen molar-refractivity contribution in [2.24, 2.45) is 0 Å². The zero-order chi connectivity index (χ0) is 15.5. The topological polar surface area (TPSA) is 76.1 Å². The number of thiazole rings is 1. The Morgan fingerprint density at radius 2 is 2.10 bits per heavy atom. The lowest BCUT2D eigenvalue weighted by Gasteiger charge is -2.10. The van der Waals surface area contributed by atoms with E-state index in [4.69, 9.17) is 0 Å². The van der Waals surface area contributed by atoms with E-state index < -0.39 is 15.9 Å². The molecule has 0 atom stereocenters. The van der Waals surface area contributed by atoms with Gasteiger partial charge in [-0.3, -0.25) is 4.79 Å². The zero-order valence-corrected chi connectivity index (χ0v) is 13.4. The Balaban J connectivity index is 2.06. The quantitative estimate of drug-likeness (QED) is 0.915. The average molecular weight is 324 g/mol. The summed E-state index contributed by atoms with van der Waals surface area (Å²) in [6.45, 7) is 3.51. The number of carbonyl (C=O) groups is 1. The molecule has 0 aliphatic carbocycles. The number of benzene rings is 1. The summed E-state index contributed by atoms with van der Waals surface area (Å²) >= 11 is 1.44. The predicted molar refractivity (Wildman–Crippen MR) is 81.7 cm³/mol. The van der Waals surface area contributed by atoms with Crippen molar-refractivity contribution < 1.29 is 13.2 Å². The minimum Gasteiger partial charge on any atom is -0.274 e. The Bertz CT molecular complexity index is 738. The number of hydrogen-bond acceptors (Lipinski definition) is 5. The molecule has 1 aromatic carbocycles. The van der Waals surface area contributed by atoms with Gasteiger partial charge in [0.05, 0.1) is 16.1 Å². The standard InChI is InChI=1S/C14H16N2O3S2/c1-10-3-4-11(2)13(7-10)21(18,19)16-14(17)6-5-12-8-20-9-15-12/h3-4,7-9H,5-6H2,1-2H3,(H,16,17). The molecule has 7 heteroatoms. The van der Waals surface area contributed by atoms with Gasteiger partial charge in [0.1, 0.15) is 0 Å². The van der Waals surface area contributed by atoms with Crippen molar-refractivity contribution in [1.29, 1.82) is 0 Å². The lowest BCUT2D eigenvalue weighted by Crippen LogP contribution is -2.31. The Hall–Kier alpha value is -1.73. The SMILES string of the molecule is Cc1ccc(C)c(S(=O)(=O)NC(=O)CCc2cscn2)c1. The van der Waals surface area contributed by atoms with E-state index in [1.54, 1.807) is 24.6 Å². The summed E-state index contributed by atoms with van der Waals surface area (Å²) in [5.74, 6) is -0.524. The fourth-order valence-corrected chi connectivity index (χ4v) is 3.79. The molecule has 1 aromatic heterocycles. The van der Waals surface area contributed by atoms with Crippen LogP contribution in [-0.4, -0.2) is 19.3 Å². The number of hydrogen-bond donors (Lipinski definition) is 1. The Morgan fingerprint density at radius 1 is 1.33 bits per heavy atom. The zero-order valence-electron chi connectivity index (χ0n) is 11.8. The van der Waals surface area contributed by atoms with E-state index in [2.05, 4.69) is 9.71 Å².